The molecule has 0 atom stereocenters. The summed E-state index contributed by atoms with van der Waals surface area (Å²) in [6.07, 6.45) is 5.21. The zero-order chi connectivity index (χ0) is 19.0. The zero-order valence-electron chi connectivity index (χ0n) is 14.7. The molecule has 1 aromatic heterocycles. The average molecular weight is 416 g/mol. The van der Waals surface area contributed by atoms with Gasteiger partial charge in [0.05, 0.1) is 10.6 Å². The van der Waals surface area contributed by atoms with Crippen LogP contribution in [0.1, 0.15) is 27.1 Å². The highest BCUT2D eigenvalue weighted by Crippen LogP contribution is 2.40. The van der Waals surface area contributed by atoms with Crippen molar-refractivity contribution in [2.75, 3.05) is 11.0 Å². The molecule has 1 aliphatic carbocycles. The quantitative estimate of drug-likeness (QED) is 0.617. The second-order valence-electron chi connectivity index (χ2n) is 6.60. The number of anilines is 1. The Morgan fingerprint density at radius 2 is 1.85 bits per heavy atom. The molecule has 2 aromatic carbocycles. The molecule has 0 aliphatic heterocycles. The molecule has 1 aliphatic rings. The van der Waals surface area contributed by atoms with Gasteiger partial charge in [0, 0.05) is 10.6 Å². The molecule has 138 valence electrons. The van der Waals surface area contributed by atoms with E-state index in [0.717, 1.165) is 40.1 Å². The van der Waals surface area contributed by atoms with Gasteiger partial charge in [-0.15, -0.1) is 11.3 Å². The Morgan fingerprint density at radius 3 is 2.67 bits per heavy atom. The van der Waals surface area contributed by atoms with Crippen LogP contribution in [0.15, 0.2) is 54.6 Å². The SMILES string of the molecule is CS(=O)(=O)Nc1cccc(C=C2c3ccccc3CCc3sc(Cl)cc32)c1. The Bertz CT molecular complexity index is 1150. The maximum Gasteiger partial charge on any atom is 0.229 e. The van der Waals surface area contributed by atoms with Gasteiger partial charge >= 0.3 is 0 Å². The molecule has 4 rings (SSSR count). The summed E-state index contributed by atoms with van der Waals surface area (Å²) in [6, 6.07) is 17.9. The van der Waals surface area contributed by atoms with Gasteiger partial charge in [-0.1, -0.05) is 48.0 Å². The summed E-state index contributed by atoms with van der Waals surface area (Å²) in [7, 11) is -3.31. The van der Waals surface area contributed by atoms with Gasteiger partial charge < -0.3 is 0 Å². The summed E-state index contributed by atoms with van der Waals surface area (Å²) >= 11 is 7.94. The number of fused-ring (bicyclic) bond motifs is 2. The van der Waals surface area contributed by atoms with E-state index < -0.39 is 10.0 Å². The number of halogens is 1. The van der Waals surface area contributed by atoms with Crippen LogP contribution in [0, 0.1) is 0 Å². The van der Waals surface area contributed by atoms with Crippen LogP contribution in [-0.4, -0.2) is 14.7 Å². The minimum atomic E-state index is -3.31. The normalized spacial score (nSPS) is 15.1. The van der Waals surface area contributed by atoms with Crippen molar-refractivity contribution in [2.24, 2.45) is 0 Å². The van der Waals surface area contributed by atoms with E-state index in [4.69, 9.17) is 11.6 Å². The van der Waals surface area contributed by atoms with Crippen LogP contribution in [0.4, 0.5) is 5.69 Å². The molecule has 0 amide bonds. The number of hydrogen-bond acceptors (Lipinski definition) is 3. The topological polar surface area (TPSA) is 46.2 Å². The van der Waals surface area contributed by atoms with E-state index in [1.54, 1.807) is 17.4 Å². The first-order valence-corrected chi connectivity index (χ1v) is 11.6. The number of sulfonamides is 1. The summed E-state index contributed by atoms with van der Waals surface area (Å²) in [5.41, 5.74) is 6.29. The molecule has 27 heavy (non-hydrogen) atoms. The molecule has 0 radical (unpaired) electrons. The zero-order valence-corrected chi connectivity index (χ0v) is 17.1. The van der Waals surface area contributed by atoms with Crippen molar-refractivity contribution < 1.29 is 8.42 Å². The first-order valence-electron chi connectivity index (χ1n) is 8.55. The standard InChI is InChI=1S/C21H18ClNO2S2/c1-27(24,25)23-16-7-4-5-14(11-16)12-18-17-8-3-2-6-15(17)9-10-20-19(18)13-21(22)26-20/h2-8,11-13,23H,9-10H2,1H3. The minimum Gasteiger partial charge on any atom is -0.284 e. The van der Waals surface area contributed by atoms with Gasteiger partial charge in [-0.05, 0) is 64.9 Å². The van der Waals surface area contributed by atoms with E-state index in [1.807, 2.05) is 30.3 Å². The summed E-state index contributed by atoms with van der Waals surface area (Å²) in [5, 5.41) is 0. The number of thiophene rings is 1. The largest absolute Gasteiger partial charge is 0.284 e. The molecule has 3 aromatic rings. The maximum absolute atomic E-state index is 11.5. The summed E-state index contributed by atoms with van der Waals surface area (Å²) < 4.78 is 26.4. The molecular formula is C21H18ClNO2S2. The van der Waals surface area contributed by atoms with E-state index in [1.165, 1.54) is 16.0 Å². The molecule has 1 N–H and O–H groups in total. The predicted molar refractivity (Wildman–Crippen MR) is 115 cm³/mol. The Hall–Kier alpha value is -2.08. The van der Waals surface area contributed by atoms with Crippen molar-refractivity contribution in [1.29, 1.82) is 0 Å². The molecule has 0 unspecified atom stereocenters. The molecule has 1 heterocycles. The van der Waals surface area contributed by atoms with Gasteiger partial charge in [-0.25, -0.2) is 8.42 Å². The van der Waals surface area contributed by atoms with Crippen molar-refractivity contribution in [3.8, 4) is 0 Å². The Balaban J connectivity index is 1.86. The van der Waals surface area contributed by atoms with Crippen LogP contribution in [0.5, 0.6) is 0 Å². The lowest BCUT2D eigenvalue weighted by atomic mass is 9.94. The first kappa shape index (κ1) is 18.3. The number of aryl methyl sites for hydroxylation is 2. The van der Waals surface area contributed by atoms with Crippen LogP contribution in [0.3, 0.4) is 0 Å². The molecular weight excluding hydrogens is 398 g/mol. The van der Waals surface area contributed by atoms with Crippen molar-refractivity contribution in [2.45, 2.75) is 12.8 Å². The van der Waals surface area contributed by atoms with Crippen molar-refractivity contribution in [1.82, 2.24) is 0 Å². The number of benzene rings is 2. The third-order valence-corrected chi connectivity index (χ3v) is 6.43. The van der Waals surface area contributed by atoms with E-state index >= 15 is 0 Å². The highest BCUT2D eigenvalue weighted by atomic mass is 35.5. The summed E-state index contributed by atoms with van der Waals surface area (Å²) in [4.78, 5) is 1.29. The number of hydrogen-bond donors (Lipinski definition) is 1. The Morgan fingerprint density at radius 1 is 1.04 bits per heavy atom. The molecule has 6 heteroatoms. The van der Waals surface area contributed by atoms with Crippen LogP contribution in [0.25, 0.3) is 11.6 Å². The third-order valence-electron chi connectivity index (χ3n) is 4.50. The highest BCUT2D eigenvalue weighted by Gasteiger charge is 2.20. The van der Waals surface area contributed by atoms with Crippen LogP contribution in [-0.2, 0) is 22.9 Å². The lowest BCUT2D eigenvalue weighted by Crippen LogP contribution is -2.09. The third kappa shape index (κ3) is 4.10. The van der Waals surface area contributed by atoms with E-state index in [2.05, 4.69) is 29.0 Å². The molecule has 0 spiro atoms. The highest BCUT2D eigenvalue weighted by molar-refractivity contribution is 7.92. The second kappa shape index (κ2) is 7.15. The number of nitrogens with one attached hydrogen (secondary N) is 1. The van der Waals surface area contributed by atoms with Crippen molar-refractivity contribution >= 4 is 50.3 Å². The fourth-order valence-electron chi connectivity index (χ4n) is 3.43. The fraction of sp³-hybridized carbons (Fsp3) is 0.143. The van der Waals surface area contributed by atoms with Crippen LogP contribution in [0.2, 0.25) is 4.34 Å². The van der Waals surface area contributed by atoms with Gasteiger partial charge in [0.25, 0.3) is 0 Å². The predicted octanol–water partition coefficient (Wildman–Crippen LogP) is 5.46. The minimum absolute atomic E-state index is 0.553. The van der Waals surface area contributed by atoms with Crippen LogP contribution >= 0.6 is 22.9 Å². The summed E-state index contributed by atoms with van der Waals surface area (Å²) in [6.45, 7) is 0. The van der Waals surface area contributed by atoms with Gasteiger partial charge in [-0.2, -0.15) is 0 Å². The lowest BCUT2D eigenvalue weighted by molar-refractivity contribution is 0.607. The first-order chi connectivity index (χ1) is 12.9. The molecule has 0 saturated heterocycles. The fourth-order valence-corrected chi connectivity index (χ4v) is 5.27. The Kier molecular flexibility index (Phi) is 4.84. The molecule has 0 bridgehead atoms. The van der Waals surface area contributed by atoms with Gasteiger partial charge in [0.1, 0.15) is 0 Å². The van der Waals surface area contributed by atoms with Crippen molar-refractivity contribution in [3.05, 3.63) is 86.1 Å². The van der Waals surface area contributed by atoms with Gasteiger partial charge in [0.15, 0.2) is 0 Å². The smallest absolute Gasteiger partial charge is 0.229 e. The molecule has 0 fully saturated rings. The van der Waals surface area contributed by atoms with Gasteiger partial charge in [0.2, 0.25) is 10.0 Å². The Labute approximate surface area is 168 Å². The van der Waals surface area contributed by atoms with E-state index in [0.29, 0.717) is 5.69 Å². The van der Waals surface area contributed by atoms with Crippen LogP contribution < -0.4 is 4.72 Å². The lowest BCUT2D eigenvalue weighted by Gasteiger charge is -2.11. The molecule has 0 saturated carbocycles. The van der Waals surface area contributed by atoms with Crippen molar-refractivity contribution in [3.63, 3.8) is 0 Å². The number of rotatable bonds is 3. The monoisotopic (exact) mass is 415 g/mol. The average Bonchev–Trinajstić information content (AvgIpc) is 2.91. The van der Waals surface area contributed by atoms with E-state index in [9.17, 15) is 8.42 Å². The maximum atomic E-state index is 11.5. The second-order valence-corrected chi connectivity index (χ2v) is 10.1. The molecule has 3 nitrogen and oxygen atoms in total. The summed E-state index contributed by atoms with van der Waals surface area (Å²) in [5.74, 6) is 0. The van der Waals surface area contributed by atoms with Gasteiger partial charge in [-0.3, -0.25) is 4.72 Å². The van der Waals surface area contributed by atoms with E-state index in [-0.39, 0.29) is 0 Å².